The van der Waals surface area contributed by atoms with Crippen molar-refractivity contribution in [2.75, 3.05) is 0 Å². The molecule has 104 valence electrons. The lowest BCUT2D eigenvalue weighted by Crippen LogP contribution is -2.44. The second-order valence-corrected chi connectivity index (χ2v) is 5.22. The zero-order chi connectivity index (χ0) is 14.0. The molecule has 0 radical (unpaired) electrons. The van der Waals surface area contributed by atoms with Crippen LogP contribution in [0.25, 0.3) is 0 Å². The van der Waals surface area contributed by atoms with E-state index >= 15 is 0 Å². The van der Waals surface area contributed by atoms with Gasteiger partial charge in [0.25, 0.3) is 0 Å². The van der Waals surface area contributed by atoms with Crippen molar-refractivity contribution in [1.82, 2.24) is 5.32 Å². The Morgan fingerprint density at radius 1 is 1.21 bits per heavy atom. The van der Waals surface area contributed by atoms with Crippen molar-refractivity contribution in [2.24, 2.45) is 17.8 Å². The van der Waals surface area contributed by atoms with Crippen LogP contribution in [0.1, 0.15) is 25.7 Å². The Labute approximate surface area is 110 Å². The van der Waals surface area contributed by atoms with E-state index < -0.39 is 18.0 Å². The number of hydrogen-bond acceptors (Lipinski definition) is 3. The van der Waals surface area contributed by atoms with Crippen molar-refractivity contribution in [2.45, 2.75) is 31.7 Å². The van der Waals surface area contributed by atoms with Crippen LogP contribution >= 0.6 is 0 Å². The second kappa shape index (κ2) is 5.42. The molecular formula is C13H17NO5. The summed E-state index contributed by atoms with van der Waals surface area (Å²) < 4.78 is 0. The van der Waals surface area contributed by atoms with Crippen molar-refractivity contribution in [1.29, 1.82) is 0 Å². The van der Waals surface area contributed by atoms with Gasteiger partial charge in [0.15, 0.2) is 0 Å². The maximum atomic E-state index is 12.0. The third kappa shape index (κ3) is 3.13. The first-order valence-corrected chi connectivity index (χ1v) is 6.40. The molecule has 2 aliphatic rings. The number of rotatable bonds is 6. The predicted molar refractivity (Wildman–Crippen MR) is 65.3 cm³/mol. The number of carboxylic acid groups (broad SMARTS) is 2. The van der Waals surface area contributed by atoms with Crippen LogP contribution in [0.15, 0.2) is 12.2 Å². The molecule has 3 N–H and O–H groups in total. The Hall–Kier alpha value is -1.85. The summed E-state index contributed by atoms with van der Waals surface area (Å²) in [6.07, 6.45) is 5.49. The normalized spacial score (nSPS) is 29.2. The second-order valence-electron chi connectivity index (χ2n) is 5.22. The predicted octanol–water partition coefficient (Wildman–Crippen LogP) is 0.633. The number of nitrogens with one attached hydrogen (secondary N) is 1. The highest BCUT2D eigenvalue weighted by molar-refractivity contribution is 5.86. The fraction of sp³-hybridized carbons (Fsp3) is 0.615. The number of amides is 1. The standard InChI is InChI=1S/C13H17NO5/c15-11(16)4-3-10(13(18)19)14-12(17)9-6-7-1-2-8(9)5-7/h1-2,7-10H,3-6H2,(H,14,17)(H,15,16)(H,18,19). The molecule has 6 nitrogen and oxygen atoms in total. The molecule has 1 fully saturated rings. The van der Waals surface area contributed by atoms with E-state index in [4.69, 9.17) is 10.2 Å². The summed E-state index contributed by atoms with van der Waals surface area (Å²) in [5.74, 6) is -2.05. The van der Waals surface area contributed by atoms with E-state index in [-0.39, 0.29) is 30.6 Å². The molecule has 0 heterocycles. The highest BCUT2D eigenvalue weighted by atomic mass is 16.4. The van der Waals surface area contributed by atoms with E-state index in [9.17, 15) is 14.4 Å². The molecular weight excluding hydrogens is 250 g/mol. The average molecular weight is 267 g/mol. The summed E-state index contributed by atoms with van der Waals surface area (Å²) in [5, 5.41) is 20.0. The summed E-state index contributed by atoms with van der Waals surface area (Å²) >= 11 is 0. The molecule has 0 aliphatic heterocycles. The van der Waals surface area contributed by atoms with E-state index in [1.165, 1.54) is 0 Å². The molecule has 1 amide bonds. The highest BCUT2D eigenvalue weighted by Gasteiger charge is 2.40. The number of hydrogen-bond donors (Lipinski definition) is 3. The molecule has 0 aromatic carbocycles. The van der Waals surface area contributed by atoms with Gasteiger partial charge in [-0.05, 0) is 31.1 Å². The fourth-order valence-corrected chi connectivity index (χ4v) is 2.89. The molecule has 0 spiro atoms. The summed E-state index contributed by atoms with van der Waals surface area (Å²) in [5.41, 5.74) is 0. The summed E-state index contributed by atoms with van der Waals surface area (Å²) in [7, 11) is 0. The van der Waals surface area contributed by atoms with E-state index in [2.05, 4.69) is 11.4 Å². The number of aliphatic carboxylic acids is 2. The molecule has 6 heteroatoms. The highest BCUT2D eigenvalue weighted by Crippen LogP contribution is 2.43. The fourth-order valence-electron chi connectivity index (χ4n) is 2.89. The minimum atomic E-state index is -1.19. The third-order valence-corrected chi connectivity index (χ3v) is 3.88. The number of fused-ring (bicyclic) bond motifs is 2. The number of allylic oxidation sites excluding steroid dienone is 2. The molecule has 2 bridgehead atoms. The van der Waals surface area contributed by atoms with Crippen molar-refractivity contribution in [3.05, 3.63) is 12.2 Å². The van der Waals surface area contributed by atoms with Crippen molar-refractivity contribution < 1.29 is 24.6 Å². The molecule has 2 aliphatic carbocycles. The molecule has 0 saturated heterocycles. The van der Waals surface area contributed by atoms with Crippen LogP contribution in [-0.4, -0.2) is 34.1 Å². The minimum Gasteiger partial charge on any atom is -0.481 e. The van der Waals surface area contributed by atoms with Gasteiger partial charge in [-0.2, -0.15) is 0 Å². The quantitative estimate of drug-likeness (QED) is 0.612. The zero-order valence-electron chi connectivity index (χ0n) is 10.4. The number of carboxylic acids is 2. The first-order chi connectivity index (χ1) is 8.97. The Balaban J connectivity index is 1.90. The summed E-state index contributed by atoms with van der Waals surface area (Å²) in [6, 6.07) is -1.12. The molecule has 2 rings (SSSR count). The molecule has 0 aromatic rings. The minimum absolute atomic E-state index is 0.0902. The molecule has 19 heavy (non-hydrogen) atoms. The number of carbonyl (C=O) groups excluding carboxylic acids is 1. The van der Waals surface area contributed by atoms with Crippen LogP contribution in [0.5, 0.6) is 0 Å². The Bertz CT molecular complexity index is 431. The zero-order valence-corrected chi connectivity index (χ0v) is 10.4. The largest absolute Gasteiger partial charge is 0.481 e. The van der Waals surface area contributed by atoms with Gasteiger partial charge < -0.3 is 15.5 Å². The van der Waals surface area contributed by atoms with Crippen LogP contribution < -0.4 is 5.32 Å². The first-order valence-electron chi connectivity index (χ1n) is 6.40. The maximum absolute atomic E-state index is 12.0. The van der Waals surface area contributed by atoms with Gasteiger partial charge in [0.1, 0.15) is 6.04 Å². The average Bonchev–Trinajstić information content (AvgIpc) is 2.95. The van der Waals surface area contributed by atoms with Crippen molar-refractivity contribution >= 4 is 17.8 Å². The third-order valence-electron chi connectivity index (χ3n) is 3.88. The lowest BCUT2D eigenvalue weighted by Gasteiger charge is -2.20. The van der Waals surface area contributed by atoms with Crippen molar-refractivity contribution in [3.63, 3.8) is 0 Å². The Morgan fingerprint density at radius 3 is 2.42 bits per heavy atom. The SMILES string of the molecule is O=C(O)CCC(NC(=O)C1CC2C=CC1C2)C(=O)O. The smallest absolute Gasteiger partial charge is 0.326 e. The molecule has 0 aromatic heterocycles. The van der Waals surface area contributed by atoms with E-state index in [0.29, 0.717) is 5.92 Å². The molecule has 4 atom stereocenters. The molecule has 1 saturated carbocycles. The van der Waals surface area contributed by atoms with Gasteiger partial charge in [0.05, 0.1) is 0 Å². The first kappa shape index (κ1) is 13.6. The Morgan fingerprint density at radius 2 is 1.95 bits per heavy atom. The van der Waals surface area contributed by atoms with Gasteiger partial charge in [-0.15, -0.1) is 0 Å². The van der Waals surface area contributed by atoms with E-state index in [1.54, 1.807) is 0 Å². The monoisotopic (exact) mass is 267 g/mol. The van der Waals surface area contributed by atoms with Gasteiger partial charge >= 0.3 is 11.9 Å². The van der Waals surface area contributed by atoms with Crippen LogP contribution in [0.2, 0.25) is 0 Å². The van der Waals surface area contributed by atoms with E-state index in [1.807, 2.05) is 6.08 Å². The number of carbonyl (C=O) groups is 3. The van der Waals surface area contributed by atoms with Crippen LogP contribution in [0.3, 0.4) is 0 Å². The Kier molecular flexibility index (Phi) is 3.87. The topological polar surface area (TPSA) is 104 Å². The van der Waals surface area contributed by atoms with Crippen molar-refractivity contribution in [3.8, 4) is 0 Å². The van der Waals surface area contributed by atoms with Gasteiger partial charge in [0, 0.05) is 12.3 Å². The van der Waals surface area contributed by atoms with Gasteiger partial charge in [-0.3, -0.25) is 9.59 Å². The molecule has 4 unspecified atom stereocenters. The summed E-state index contributed by atoms with van der Waals surface area (Å²) in [6.45, 7) is 0. The van der Waals surface area contributed by atoms with Gasteiger partial charge in [-0.25, -0.2) is 4.79 Å². The van der Waals surface area contributed by atoms with E-state index in [0.717, 1.165) is 12.8 Å². The lowest BCUT2D eigenvalue weighted by molar-refractivity contribution is -0.143. The van der Waals surface area contributed by atoms with Gasteiger partial charge in [0.2, 0.25) is 5.91 Å². The van der Waals surface area contributed by atoms with Crippen LogP contribution in [-0.2, 0) is 14.4 Å². The van der Waals surface area contributed by atoms with Crippen LogP contribution in [0, 0.1) is 17.8 Å². The van der Waals surface area contributed by atoms with Gasteiger partial charge in [-0.1, -0.05) is 12.2 Å². The summed E-state index contributed by atoms with van der Waals surface area (Å²) in [4.78, 5) is 33.5. The lowest BCUT2D eigenvalue weighted by atomic mass is 9.92. The van der Waals surface area contributed by atoms with Crippen LogP contribution in [0.4, 0.5) is 0 Å². The maximum Gasteiger partial charge on any atom is 0.326 e.